The maximum atomic E-state index is 12.9. The molecule has 0 fully saturated rings. The number of benzene rings is 1. The Balaban J connectivity index is 2.11. The molecule has 1 aromatic carbocycles. The molecule has 6 heteroatoms. The number of hydrogen-bond acceptors (Lipinski definition) is 3. The van der Waals surface area contributed by atoms with E-state index in [0.717, 1.165) is 5.56 Å². The van der Waals surface area contributed by atoms with Gasteiger partial charge in [0.1, 0.15) is 5.82 Å². The van der Waals surface area contributed by atoms with Gasteiger partial charge >= 0.3 is 0 Å². The van der Waals surface area contributed by atoms with Crippen LogP contribution in [0.4, 0.5) is 4.39 Å². The van der Waals surface area contributed by atoms with E-state index in [-0.39, 0.29) is 11.4 Å². The lowest BCUT2D eigenvalue weighted by atomic mass is 10.1. The molecule has 20 heavy (non-hydrogen) atoms. The Morgan fingerprint density at radius 1 is 1.15 bits per heavy atom. The zero-order chi connectivity index (χ0) is 14.1. The normalized spacial score (nSPS) is 10.7. The number of aryl methyl sites for hydroxylation is 1. The molecule has 1 N–H and O–H groups in total. The van der Waals surface area contributed by atoms with Crippen molar-refractivity contribution in [3.8, 4) is 22.5 Å². The summed E-state index contributed by atoms with van der Waals surface area (Å²) in [5.74, 6) is -0.317. The van der Waals surface area contributed by atoms with E-state index in [0.29, 0.717) is 17.0 Å². The molecule has 3 aromatic rings. The van der Waals surface area contributed by atoms with Crippen LogP contribution >= 0.6 is 0 Å². The number of nitrogens with one attached hydrogen (secondary N) is 1. The minimum absolute atomic E-state index is 0.311. The Hall–Kier alpha value is -2.76. The number of aromatic nitrogens is 4. The standard InChI is InChI=1S/C14H11FN4O/c1-19-7-6-12(18-19)11-8-13(16-17-14(11)20)9-2-4-10(15)5-3-9/h2-8H,1H3,(H,17,20). The molecule has 0 saturated heterocycles. The SMILES string of the molecule is Cn1ccc(-c2cc(-c3ccc(F)cc3)n[nH]c2=O)n1. The Labute approximate surface area is 113 Å². The number of halogens is 1. The molecule has 0 aliphatic rings. The smallest absolute Gasteiger partial charge is 0.273 e. The van der Waals surface area contributed by atoms with Crippen LogP contribution in [0.15, 0.2) is 47.4 Å². The summed E-state index contributed by atoms with van der Waals surface area (Å²) in [4.78, 5) is 11.8. The molecule has 0 spiro atoms. The van der Waals surface area contributed by atoms with E-state index in [1.165, 1.54) is 12.1 Å². The fourth-order valence-electron chi connectivity index (χ4n) is 1.92. The van der Waals surface area contributed by atoms with Crippen LogP contribution in [0, 0.1) is 5.82 Å². The highest BCUT2D eigenvalue weighted by atomic mass is 19.1. The van der Waals surface area contributed by atoms with Crippen LogP contribution < -0.4 is 5.56 Å². The number of H-pyrrole nitrogens is 1. The van der Waals surface area contributed by atoms with Gasteiger partial charge in [0.05, 0.1) is 17.0 Å². The van der Waals surface area contributed by atoms with Crippen molar-refractivity contribution in [2.24, 2.45) is 7.05 Å². The van der Waals surface area contributed by atoms with Crippen molar-refractivity contribution in [1.29, 1.82) is 0 Å². The monoisotopic (exact) mass is 270 g/mol. The minimum atomic E-state index is -0.317. The first-order chi connectivity index (χ1) is 9.63. The second-order valence-electron chi connectivity index (χ2n) is 4.38. The van der Waals surface area contributed by atoms with Gasteiger partial charge in [-0.15, -0.1) is 0 Å². The lowest BCUT2D eigenvalue weighted by molar-refractivity contribution is 0.628. The maximum Gasteiger partial charge on any atom is 0.273 e. The van der Waals surface area contributed by atoms with Gasteiger partial charge in [0.25, 0.3) is 5.56 Å². The summed E-state index contributed by atoms with van der Waals surface area (Å²) in [7, 11) is 1.78. The van der Waals surface area contributed by atoms with Gasteiger partial charge in [0.15, 0.2) is 0 Å². The lowest BCUT2D eigenvalue weighted by Gasteiger charge is -2.02. The van der Waals surface area contributed by atoms with Gasteiger partial charge in [-0.3, -0.25) is 9.48 Å². The zero-order valence-corrected chi connectivity index (χ0v) is 10.7. The number of nitrogens with zero attached hydrogens (tertiary/aromatic N) is 3. The topological polar surface area (TPSA) is 63.6 Å². The van der Waals surface area contributed by atoms with Crippen LogP contribution in [-0.4, -0.2) is 20.0 Å². The summed E-state index contributed by atoms with van der Waals surface area (Å²) in [6.45, 7) is 0. The Bertz CT molecular complexity index is 805. The molecule has 0 amide bonds. The predicted octanol–water partition coefficient (Wildman–Crippen LogP) is 1.98. The fourth-order valence-corrected chi connectivity index (χ4v) is 1.92. The van der Waals surface area contributed by atoms with Crippen molar-refractivity contribution < 1.29 is 4.39 Å². The van der Waals surface area contributed by atoms with E-state index in [1.807, 2.05) is 0 Å². The predicted molar refractivity (Wildman–Crippen MR) is 72.5 cm³/mol. The van der Waals surface area contributed by atoms with Gasteiger partial charge < -0.3 is 0 Å². The highest BCUT2D eigenvalue weighted by Gasteiger charge is 2.09. The highest BCUT2D eigenvalue weighted by molar-refractivity contribution is 5.66. The third kappa shape index (κ3) is 2.23. The molecular weight excluding hydrogens is 259 g/mol. The van der Waals surface area contributed by atoms with Crippen LogP contribution in [0.2, 0.25) is 0 Å². The van der Waals surface area contributed by atoms with Crippen molar-refractivity contribution >= 4 is 0 Å². The molecule has 0 saturated carbocycles. The molecule has 2 aromatic heterocycles. The molecule has 0 aliphatic carbocycles. The van der Waals surface area contributed by atoms with Gasteiger partial charge in [0.2, 0.25) is 0 Å². The molecule has 5 nitrogen and oxygen atoms in total. The van der Waals surface area contributed by atoms with Gasteiger partial charge in [-0.2, -0.15) is 10.2 Å². The van der Waals surface area contributed by atoms with Crippen molar-refractivity contribution in [2.45, 2.75) is 0 Å². The first-order valence-electron chi connectivity index (χ1n) is 5.99. The molecule has 0 radical (unpaired) electrons. The molecular formula is C14H11FN4O. The van der Waals surface area contributed by atoms with Crippen LogP contribution in [-0.2, 0) is 7.05 Å². The van der Waals surface area contributed by atoms with E-state index in [2.05, 4.69) is 15.3 Å². The largest absolute Gasteiger partial charge is 0.275 e. The van der Waals surface area contributed by atoms with Gasteiger partial charge in [0, 0.05) is 18.8 Å². The van der Waals surface area contributed by atoms with Crippen LogP contribution in [0.1, 0.15) is 0 Å². The Kier molecular flexibility index (Phi) is 2.90. The summed E-state index contributed by atoms with van der Waals surface area (Å²) in [5, 5.41) is 10.6. The van der Waals surface area contributed by atoms with Crippen molar-refractivity contribution in [3.63, 3.8) is 0 Å². The average molecular weight is 270 g/mol. The molecule has 0 bridgehead atoms. The van der Waals surface area contributed by atoms with E-state index in [9.17, 15) is 9.18 Å². The third-order valence-corrected chi connectivity index (χ3v) is 2.93. The fraction of sp³-hybridized carbons (Fsp3) is 0.0714. The first kappa shape index (κ1) is 12.3. The molecule has 100 valence electrons. The highest BCUT2D eigenvalue weighted by Crippen LogP contribution is 2.20. The summed E-state index contributed by atoms with van der Waals surface area (Å²) in [6.07, 6.45) is 1.76. The Morgan fingerprint density at radius 3 is 2.55 bits per heavy atom. The van der Waals surface area contributed by atoms with Gasteiger partial charge in [-0.25, -0.2) is 9.49 Å². The lowest BCUT2D eigenvalue weighted by Crippen LogP contribution is -2.11. The molecule has 0 aliphatic heterocycles. The number of rotatable bonds is 2. The molecule has 2 heterocycles. The van der Waals surface area contributed by atoms with Gasteiger partial charge in [-0.1, -0.05) is 0 Å². The first-order valence-corrected chi connectivity index (χ1v) is 5.99. The second kappa shape index (κ2) is 4.73. The summed E-state index contributed by atoms with van der Waals surface area (Å²) in [6, 6.07) is 9.31. The van der Waals surface area contributed by atoms with Crippen LogP contribution in [0.5, 0.6) is 0 Å². The van der Waals surface area contributed by atoms with Crippen molar-refractivity contribution in [3.05, 3.63) is 58.8 Å². The van der Waals surface area contributed by atoms with Crippen LogP contribution in [0.3, 0.4) is 0 Å². The third-order valence-electron chi connectivity index (χ3n) is 2.93. The molecule has 0 atom stereocenters. The molecule has 0 unspecified atom stereocenters. The van der Waals surface area contributed by atoms with E-state index >= 15 is 0 Å². The number of hydrogen-bond donors (Lipinski definition) is 1. The average Bonchev–Trinajstić information content (AvgIpc) is 2.87. The van der Waals surface area contributed by atoms with Crippen molar-refractivity contribution in [1.82, 2.24) is 20.0 Å². The van der Waals surface area contributed by atoms with Crippen LogP contribution in [0.25, 0.3) is 22.5 Å². The second-order valence-corrected chi connectivity index (χ2v) is 4.38. The van der Waals surface area contributed by atoms with E-state index in [4.69, 9.17) is 0 Å². The Morgan fingerprint density at radius 2 is 1.90 bits per heavy atom. The van der Waals surface area contributed by atoms with E-state index < -0.39 is 0 Å². The van der Waals surface area contributed by atoms with Gasteiger partial charge in [-0.05, 0) is 36.4 Å². The summed E-state index contributed by atoms with van der Waals surface area (Å²) in [5.41, 5.74) is 1.97. The quantitative estimate of drug-likeness (QED) is 0.774. The molecule has 3 rings (SSSR count). The zero-order valence-electron chi connectivity index (χ0n) is 10.7. The minimum Gasteiger partial charge on any atom is -0.275 e. The summed E-state index contributed by atoms with van der Waals surface area (Å²) >= 11 is 0. The number of aromatic amines is 1. The summed E-state index contributed by atoms with van der Waals surface area (Å²) < 4.78 is 14.5. The maximum absolute atomic E-state index is 12.9. The van der Waals surface area contributed by atoms with E-state index in [1.54, 1.807) is 42.2 Å². The van der Waals surface area contributed by atoms with Crippen molar-refractivity contribution in [2.75, 3.05) is 0 Å².